The molecule has 0 aromatic carbocycles. The maximum absolute atomic E-state index is 9.95. The molecule has 0 saturated heterocycles. The number of H-pyrrole nitrogens is 1. The first kappa shape index (κ1) is 8.52. The molecule has 1 aromatic heterocycles. The van der Waals surface area contributed by atoms with Crippen molar-refractivity contribution in [2.24, 2.45) is 0 Å². The van der Waals surface area contributed by atoms with Crippen LogP contribution in [0.2, 0.25) is 0 Å². The Morgan fingerprint density at radius 2 is 2.50 bits per heavy atom. The Morgan fingerprint density at radius 1 is 1.75 bits per heavy atom. The molecule has 12 heavy (non-hydrogen) atoms. The quantitative estimate of drug-likeness (QED) is 0.550. The molecule has 0 saturated carbocycles. The first-order chi connectivity index (χ1) is 5.72. The first-order valence-electron chi connectivity index (χ1n) is 3.71. The number of aryl methyl sites for hydroxylation is 1. The third-order valence-corrected chi connectivity index (χ3v) is 1.55. The molecular formula is C8H10N2O2. The van der Waals surface area contributed by atoms with Crippen molar-refractivity contribution in [2.45, 2.75) is 13.3 Å². The van der Waals surface area contributed by atoms with Gasteiger partial charge in [0.05, 0.1) is 4.92 Å². The molecule has 0 spiro atoms. The van der Waals surface area contributed by atoms with E-state index in [1.165, 1.54) is 6.08 Å². The second-order valence-corrected chi connectivity index (χ2v) is 2.42. The van der Waals surface area contributed by atoms with Gasteiger partial charge in [0.25, 0.3) is 0 Å². The van der Waals surface area contributed by atoms with Crippen molar-refractivity contribution < 1.29 is 4.92 Å². The van der Waals surface area contributed by atoms with E-state index >= 15 is 0 Å². The number of aromatic nitrogens is 1. The molecule has 1 rings (SSSR count). The lowest BCUT2D eigenvalue weighted by Crippen LogP contribution is -1.81. The summed E-state index contributed by atoms with van der Waals surface area (Å²) in [7, 11) is 0. The molecule has 1 N–H and O–H groups in total. The van der Waals surface area contributed by atoms with E-state index in [2.05, 4.69) is 4.98 Å². The standard InChI is InChI=1S/C8H10N2O2/c1-2-7-5-8(9-6-7)3-4-10(11)12/h3-6,9H,2H2,1H3. The lowest BCUT2D eigenvalue weighted by Gasteiger charge is -1.81. The van der Waals surface area contributed by atoms with E-state index in [1.807, 2.05) is 19.2 Å². The van der Waals surface area contributed by atoms with Gasteiger partial charge in [-0.05, 0) is 18.1 Å². The van der Waals surface area contributed by atoms with Gasteiger partial charge in [0.15, 0.2) is 0 Å². The molecule has 0 aliphatic rings. The summed E-state index contributed by atoms with van der Waals surface area (Å²) < 4.78 is 0. The highest BCUT2D eigenvalue weighted by atomic mass is 16.6. The van der Waals surface area contributed by atoms with Crippen LogP contribution in [0.5, 0.6) is 0 Å². The van der Waals surface area contributed by atoms with E-state index in [4.69, 9.17) is 0 Å². The molecule has 0 unspecified atom stereocenters. The van der Waals surface area contributed by atoms with Crippen LogP contribution in [0.3, 0.4) is 0 Å². The van der Waals surface area contributed by atoms with E-state index < -0.39 is 4.92 Å². The Bertz CT molecular complexity index is 302. The average molecular weight is 166 g/mol. The van der Waals surface area contributed by atoms with Gasteiger partial charge in [-0.3, -0.25) is 10.1 Å². The second kappa shape index (κ2) is 3.71. The van der Waals surface area contributed by atoms with Crippen LogP contribution in [0, 0.1) is 10.1 Å². The SMILES string of the molecule is CCc1c[nH]c(C=C[N+](=O)[O-])c1. The highest BCUT2D eigenvalue weighted by molar-refractivity contribution is 5.44. The van der Waals surface area contributed by atoms with Crippen LogP contribution in [0.25, 0.3) is 6.08 Å². The van der Waals surface area contributed by atoms with Crippen LogP contribution in [-0.2, 0) is 6.42 Å². The molecule has 0 bridgehead atoms. The molecule has 0 aliphatic carbocycles. The summed E-state index contributed by atoms with van der Waals surface area (Å²) in [6, 6.07) is 1.89. The zero-order valence-corrected chi connectivity index (χ0v) is 6.78. The summed E-state index contributed by atoms with van der Waals surface area (Å²) in [4.78, 5) is 12.4. The summed E-state index contributed by atoms with van der Waals surface area (Å²) in [5.41, 5.74) is 1.92. The third kappa shape index (κ3) is 2.23. The van der Waals surface area contributed by atoms with Crippen molar-refractivity contribution in [1.82, 2.24) is 4.98 Å². The minimum atomic E-state index is -0.480. The van der Waals surface area contributed by atoms with E-state index in [1.54, 1.807) is 0 Å². The fraction of sp³-hybridized carbons (Fsp3) is 0.250. The summed E-state index contributed by atoms with van der Waals surface area (Å²) in [5, 5.41) is 9.95. The predicted octanol–water partition coefficient (Wildman–Crippen LogP) is 1.82. The number of aromatic amines is 1. The lowest BCUT2D eigenvalue weighted by molar-refractivity contribution is -0.401. The molecular weight excluding hydrogens is 156 g/mol. The van der Waals surface area contributed by atoms with Crippen molar-refractivity contribution in [1.29, 1.82) is 0 Å². The number of hydrogen-bond acceptors (Lipinski definition) is 2. The fourth-order valence-electron chi connectivity index (χ4n) is 0.901. The number of nitro groups is 1. The molecule has 1 aromatic rings. The van der Waals surface area contributed by atoms with Crippen LogP contribution in [0.4, 0.5) is 0 Å². The van der Waals surface area contributed by atoms with Gasteiger partial charge in [0.2, 0.25) is 6.20 Å². The Morgan fingerprint density at radius 3 is 3.00 bits per heavy atom. The number of nitrogens with zero attached hydrogens (tertiary/aromatic N) is 1. The minimum absolute atomic E-state index is 0.480. The van der Waals surface area contributed by atoms with E-state index in [0.717, 1.165) is 23.9 Å². The van der Waals surface area contributed by atoms with Gasteiger partial charge in [-0.1, -0.05) is 6.92 Å². The monoisotopic (exact) mass is 166 g/mol. The summed E-state index contributed by atoms with van der Waals surface area (Å²) in [6.07, 6.45) is 5.15. The molecule has 0 aliphatic heterocycles. The number of rotatable bonds is 3. The van der Waals surface area contributed by atoms with Crippen molar-refractivity contribution in [3.05, 3.63) is 39.8 Å². The number of hydrogen-bond donors (Lipinski definition) is 1. The average Bonchev–Trinajstić information content (AvgIpc) is 2.48. The van der Waals surface area contributed by atoms with Crippen LogP contribution in [0.15, 0.2) is 18.5 Å². The predicted molar refractivity (Wildman–Crippen MR) is 46.2 cm³/mol. The Labute approximate surface area is 70.1 Å². The van der Waals surface area contributed by atoms with Crippen molar-refractivity contribution in [3.8, 4) is 0 Å². The summed E-state index contributed by atoms with van der Waals surface area (Å²) in [5.74, 6) is 0. The van der Waals surface area contributed by atoms with Crippen LogP contribution < -0.4 is 0 Å². The van der Waals surface area contributed by atoms with Crippen LogP contribution >= 0.6 is 0 Å². The molecule has 0 radical (unpaired) electrons. The first-order valence-corrected chi connectivity index (χ1v) is 3.71. The van der Waals surface area contributed by atoms with Gasteiger partial charge >= 0.3 is 0 Å². The zero-order valence-electron chi connectivity index (χ0n) is 6.78. The molecule has 0 fully saturated rings. The summed E-state index contributed by atoms with van der Waals surface area (Å²) >= 11 is 0. The van der Waals surface area contributed by atoms with E-state index in [9.17, 15) is 10.1 Å². The van der Waals surface area contributed by atoms with Crippen LogP contribution in [-0.4, -0.2) is 9.91 Å². The fourth-order valence-corrected chi connectivity index (χ4v) is 0.901. The largest absolute Gasteiger partial charge is 0.361 e. The molecule has 4 heteroatoms. The Hall–Kier alpha value is -1.58. The molecule has 4 nitrogen and oxygen atoms in total. The van der Waals surface area contributed by atoms with Crippen LogP contribution in [0.1, 0.15) is 18.2 Å². The van der Waals surface area contributed by atoms with Gasteiger partial charge in [-0.15, -0.1) is 0 Å². The zero-order chi connectivity index (χ0) is 8.97. The lowest BCUT2D eigenvalue weighted by atomic mass is 10.2. The Balaban J connectivity index is 2.70. The van der Waals surface area contributed by atoms with Gasteiger partial charge in [0.1, 0.15) is 0 Å². The number of nitrogens with one attached hydrogen (secondary N) is 1. The highest BCUT2D eigenvalue weighted by Gasteiger charge is 1.94. The van der Waals surface area contributed by atoms with Gasteiger partial charge < -0.3 is 4.98 Å². The van der Waals surface area contributed by atoms with Gasteiger partial charge in [0, 0.05) is 18.0 Å². The molecule has 1 heterocycles. The van der Waals surface area contributed by atoms with E-state index in [-0.39, 0.29) is 0 Å². The normalized spacial score (nSPS) is 10.8. The maximum atomic E-state index is 9.95. The second-order valence-electron chi connectivity index (χ2n) is 2.42. The molecule has 64 valence electrons. The van der Waals surface area contributed by atoms with Gasteiger partial charge in [-0.2, -0.15) is 0 Å². The van der Waals surface area contributed by atoms with Gasteiger partial charge in [-0.25, -0.2) is 0 Å². The molecule has 0 amide bonds. The summed E-state index contributed by atoms with van der Waals surface area (Å²) in [6.45, 7) is 2.03. The Kier molecular flexibility index (Phi) is 2.63. The van der Waals surface area contributed by atoms with Crippen molar-refractivity contribution in [2.75, 3.05) is 0 Å². The molecule has 0 atom stereocenters. The maximum Gasteiger partial charge on any atom is 0.236 e. The van der Waals surface area contributed by atoms with Crippen molar-refractivity contribution in [3.63, 3.8) is 0 Å². The van der Waals surface area contributed by atoms with E-state index in [0.29, 0.717) is 0 Å². The van der Waals surface area contributed by atoms with Crippen molar-refractivity contribution >= 4 is 6.08 Å². The smallest absolute Gasteiger partial charge is 0.236 e. The minimum Gasteiger partial charge on any atom is -0.361 e. The third-order valence-electron chi connectivity index (χ3n) is 1.55. The highest BCUT2D eigenvalue weighted by Crippen LogP contribution is 2.05. The topological polar surface area (TPSA) is 58.9 Å².